The van der Waals surface area contributed by atoms with Crippen LogP contribution in [0.3, 0.4) is 0 Å². The smallest absolute Gasteiger partial charge is 0.122 e. The van der Waals surface area contributed by atoms with Crippen LogP contribution in [0, 0.1) is 0 Å². The maximum absolute atomic E-state index is 5.77. The summed E-state index contributed by atoms with van der Waals surface area (Å²) in [5.74, 6) is 1.04. The van der Waals surface area contributed by atoms with Crippen LogP contribution in [-0.2, 0) is 16.6 Å². The van der Waals surface area contributed by atoms with Gasteiger partial charge in [-0.15, -0.1) is 0 Å². The van der Waals surface area contributed by atoms with Crippen molar-refractivity contribution in [2.24, 2.45) is 0 Å². The third kappa shape index (κ3) is 3.76. The van der Waals surface area contributed by atoms with Crippen LogP contribution in [0.4, 0.5) is 0 Å². The van der Waals surface area contributed by atoms with Crippen molar-refractivity contribution in [1.29, 1.82) is 0 Å². The van der Waals surface area contributed by atoms with E-state index < -0.39 is 0 Å². The van der Waals surface area contributed by atoms with Gasteiger partial charge < -0.3 is 9.47 Å². The molecule has 20 heavy (non-hydrogen) atoms. The Morgan fingerprint density at radius 1 is 1.15 bits per heavy atom. The van der Waals surface area contributed by atoms with Crippen LogP contribution in [-0.4, -0.2) is 18.8 Å². The van der Waals surface area contributed by atoms with Gasteiger partial charge >= 0.3 is 0 Å². The van der Waals surface area contributed by atoms with Gasteiger partial charge in [-0.3, -0.25) is 0 Å². The van der Waals surface area contributed by atoms with Crippen molar-refractivity contribution in [2.45, 2.75) is 71.5 Å². The zero-order valence-electron chi connectivity index (χ0n) is 13.5. The summed E-state index contributed by atoms with van der Waals surface area (Å²) in [6.45, 7) is 11.7. The minimum Gasteiger partial charge on any atom is -0.494 e. The first-order valence-corrected chi connectivity index (χ1v) is 7.87. The van der Waals surface area contributed by atoms with E-state index in [-0.39, 0.29) is 5.41 Å². The Kier molecular flexibility index (Phi) is 4.74. The molecule has 2 atom stereocenters. The predicted octanol–water partition coefficient (Wildman–Crippen LogP) is 4.49. The Balaban J connectivity index is 2.10. The predicted molar refractivity (Wildman–Crippen MR) is 83.6 cm³/mol. The Labute approximate surface area is 123 Å². The quantitative estimate of drug-likeness (QED) is 0.714. The van der Waals surface area contributed by atoms with E-state index >= 15 is 0 Å². The topological polar surface area (TPSA) is 21.8 Å². The van der Waals surface area contributed by atoms with E-state index in [1.54, 1.807) is 0 Å². The summed E-state index contributed by atoms with van der Waals surface area (Å²) in [4.78, 5) is 0. The minimum atomic E-state index is 0.182. The number of hydrogen-bond acceptors (Lipinski definition) is 2. The lowest BCUT2D eigenvalue weighted by molar-refractivity contribution is 0.333. The maximum Gasteiger partial charge on any atom is 0.122 e. The van der Waals surface area contributed by atoms with Gasteiger partial charge in [0.05, 0.1) is 18.8 Å². The molecule has 1 saturated heterocycles. The minimum absolute atomic E-state index is 0.182. The zero-order valence-corrected chi connectivity index (χ0v) is 13.5. The number of ether oxygens (including phenoxy) is 2. The normalized spacial score (nSPS) is 21.9. The van der Waals surface area contributed by atoms with Crippen LogP contribution in [0.2, 0.25) is 0 Å². The molecule has 0 radical (unpaired) electrons. The van der Waals surface area contributed by atoms with Crippen LogP contribution in [0.25, 0.3) is 0 Å². The molecule has 0 bridgehead atoms. The van der Waals surface area contributed by atoms with Crippen LogP contribution in [0.5, 0.6) is 5.75 Å². The average molecular weight is 276 g/mol. The maximum atomic E-state index is 5.77. The highest BCUT2D eigenvalue weighted by atomic mass is 16.6. The summed E-state index contributed by atoms with van der Waals surface area (Å²) < 4.78 is 11.4. The lowest BCUT2D eigenvalue weighted by Gasteiger charge is -2.21. The molecule has 1 aromatic carbocycles. The molecule has 0 saturated carbocycles. The molecular weight excluding hydrogens is 248 g/mol. The summed E-state index contributed by atoms with van der Waals surface area (Å²) in [7, 11) is 0. The molecular formula is C18H28O2. The molecule has 1 heterocycles. The fourth-order valence-corrected chi connectivity index (χ4v) is 2.63. The zero-order chi connectivity index (χ0) is 14.8. The van der Waals surface area contributed by atoms with Crippen LogP contribution in [0.15, 0.2) is 18.2 Å². The number of epoxide rings is 1. The van der Waals surface area contributed by atoms with Crippen molar-refractivity contribution >= 4 is 0 Å². The highest BCUT2D eigenvalue weighted by Crippen LogP contribution is 2.33. The molecule has 2 rings (SSSR count). The van der Waals surface area contributed by atoms with Gasteiger partial charge in [-0.25, -0.2) is 0 Å². The van der Waals surface area contributed by atoms with E-state index in [1.165, 1.54) is 11.1 Å². The number of benzene rings is 1. The molecule has 0 aliphatic carbocycles. The molecule has 112 valence electrons. The fraction of sp³-hybridized carbons (Fsp3) is 0.667. The first-order chi connectivity index (χ1) is 9.45. The third-order valence-corrected chi connectivity index (χ3v) is 4.01. The Morgan fingerprint density at radius 2 is 1.90 bits per heavy atom. The summed E-state index contributed by atoms with van der Waals surface area (Å²) >= 11 is 0. The Hall–Kier alpha value is -1.02. The monoisotopic (exact) mass is 276 g/mol. The molecule has 1 aliphatic rings. The van der Waals surface area contributed by atoms with Crippen LogP contribution in [0.1, 0.15) is 58.6 Å². The third-order valence-electron chi connectivity index (χ3n) is 4.01. The van der Waals surface area contributed by atoms with Gasteiger partial charge in [0, 0.05) is 0 Å². The molecule has 0 spiro atoms. The molecule has 2 heteroatoms. The van der Waals surface area contributed by atoms with Crippen LogP contribution >= 0.6 is 0 Å². The molecule has 1 fully saturated rings. The lowest BCUT2D eigenvalue weighted by Crippen LogP contribution is -2.12. The molecule has 1 aromatic rings. The van der Waals surface area contributed by atoms with Crippen molar-refractivity contribution in [2.75, 3.05) is 6.61 Å². The molecule has 2 unspecified atom stereocenters. The van der Waals surface area contributed by atoms with Gasteiger partial charge in [0.25, 0.3) is 0 Å². The van der Waals surface area contributed by atoms with Gasteiger partial charge in [-0.1, -0.05) is 39.8 Å². The van der Waals surface area contributed by atoms with Gasteiger partial charge in [-0.05, 0) is 48.8 Å². The van der Waals surface area contributed by atoms with Crippen molar-refractivity contribution in [3.8, 4) is 5.75 Å². The SMILES string of the molecule is CCOc1ccc(C(C)(C)C)cc1CCC1OC1CC. The van der Waals surface area contributed by atoms with Gasteiger partial charge in [-0.2, -0.15) is 0 Å². The molecule has 1 aliphatic heterocycles. The van der Waals surface area contributed by atoms with E-state index in [0.717, 1.165) is 31.6 Å². The van der Waals surface area contributed by atoms with E-state index in [1.807, 2.05) is 6.92 Å². The number of rotatable bonds is 6. The highest BCUT2D eigenvalue weighted by Gasteiger charge is 2.36. The first-order valence-electron chi connectivity index (χ1n) is 7.87. The largest absolute Gasteiger partial charge is 0.494 e. The fourth-order valence-electron chi connectivity index (χ4n) is 2.63. The van der Waals surface area contributed by atoms with Crippen molar-refractivity contribution in [3.63, 3.8) is 0 Å². The summed E-state index contributed by atoms with van der Waals surface area (Å²) in [6.07, 6.45) is 4.24. The van der Waals surface area contributed by atoms with Crippen molar-refractivity contribution < 1.29 is 9.47 Å². The van der Waals surface area contributed by atoms with Gasteiger partial charge in [0.1, 0.15) is 5.75 Å². The average Bonchev–Trinajstić information content (AvgIpc) is 3.15. The Morgan fingerprint density at radius 3 is 2.45 bits per heavy atom. The summed E-state index contributed by atoms with van der Waals surface area (Å²) in [5, 5.41) is 0. The summed E-state index contributed by atoms with van der Waals surface area (Å²) in [5.41, 5.74) is 2.88. The molecule has 2 nitrogen and oxygen atoms in total. The van der Waals surface area contributed by atoms with E-state index in [4.69, 9.17) is 9.47 Å². The summed E-state index contributed by atoms with van der Waals surface area (Å²) in [6, 6.07) is 6.63. The second-order valence-corrected chi connectivity index (χ2v) is 6.67. The Bertz CT molecular complexity index is 445. The van der Waals surface area contributed by atoms with E-state index in [0.29, 0.717) is 12.2 Å². The second kappa shape index (κ2) is 6.17. The van der Waals surface area contributed by atoms with Gasteiger partial charge in [0.15, 0.2) is 0 Å². The highest BCUT2D eigenvalue weighted by molar-refractivity contribution is 5.40. The van der Waals surface area contributed by atoms with Crippen LogP contribution < -0.4 is 4.74 Å². The number of hydrogen-bond donors (Lipinski definition) is 0. The van der Waals surface area contributed by atoms with E-state index in [9.17, 15) is 0 Å². The standard InChI is InChI=1S/C18H28O2/c1-6-15-17(20-15)10-8-13-12-14(18(3,4)5)9-11-16(13)19-7-2/h9,11-12,15,17H,6-8,10H2,1-5H3. The van der Waals surface area contributed by atoms with Crippen molar-refractivity contribution in [1.82, 2.24) is 0 Å². The second-order valence-electron chi connectivity index (χ2n) is 6.67. The molecule has 0 N–H and O–H groups in total. The van der Waals surface area contributed by atoms with Gasteiger partial charge in [0.2, 0.25) is 0 Å². The molecule has 0 amide bonds. The lowest BCUT2D eigenvalue weighted by atomic mass is 9.85. The molecule has 0 aromatic heterocycles. The van der Waals surface area contributed by atoms with Crippen molar-refractivity contribution in [3.05, 3.63) is 29.3 Å². The first kappa shape index (κ1) is 15.4. The van der Waals surface area contributed by atoms with E-state index in [2.05, 4.69) is 45.9 Å². The number of aryl methyl sites for hydroxylation is 1.